The molecule has 2 aromatic rings. The van der Waals surface area contributed by atoms with Gasteiger partial charge in [-0.2, -0.15) is 0 Å². The van der Waals surface area contributed by atoms with Gasteiger partial charge >= 0.3 is 0 Å². The molecule has 0 aliphatic carbocycles. The van der Waals surface area contributed by atoms with Crippen LogP contribution in [0.4, 0.5) is 10.1 Å². The second kappa shape index (κ2) is 5.92. The molecule has 2 N–H and O–H groups in total. The summed E-state index contributed by atoms with van der Waals surface area (Å²) >= 11 is 3.30. The Morgan fingerprint density at radius 3 is 2.75 bits per heavy atom. The number of carbonyl (C=O) groups is 1. The van der Waals surface area contributed by atoms with Crippen LogP contribution in [-0.2, 0) is 0 Å². The Balaban J connectivity index is 2.25. The quantitative estimate of drug-likeness (QED) is 0.898. The zero-order chi connectivity index (χ0) is 14.7. The summed E-state index contributed by atoms with van der Waals surface area (Å²) in [6.45, 7) is 0. The summed E-state index contributed by atoms with van der Waals surface area (Å²) in [6.07, 6.45) is 0. The molecule has 104 valence electrons. The topological polar surface area (TPSA) is 58.6 Å². The van der Waals surface area contributed by atoms with Crippen LogP contribution in [0.3, 0.4) is 0 Å². The van der Waals surface area contributed by atoms with Crippen LogP contribution in [0, 0.1) is 5.82 Å². The number of hydrogen-bond donors (Lipinski definition) is 2. The van der Waals surface area contributed by atoms with E-state index in [2.05, 4.69) is 21.2 Å². The Bertz CT molecular complexity index is 661. The smallest absolute Gasteiger partial charge is 0.259 e. The lowest BCUT2D eigenvalue weighted by Crippen LogP contribution is -2.12. The fraction of sp³-hybridized carbons (Fsp3) is 0.0714. The summed E-state index contributed by atoms with van der Waals surface area (Å²) < 4.78 is 19.0. The predicted octanol–water partition coefficient (Wildman–Crippen LogP) is 3.55. The van der Waals surface area contributed by atoms with Crippen LogP contribution in [0.15, 0.2) is 40.9 Å². The third-order valence-electron chi connectivity index (χ3n) is 2.61. The maximum atomic E-state index is 13.1. The standard InChI is InChI=1S/C14H11BrFNO3/c1-20-13-7-9(3-4-11(13)15)17-14(19)10-6-8(16)2-5-12(10)18/h2-7,18H,1H3,(H,17,19). The number of benzene rings is 2. The monoisotopic (exact) mass is 339 g/mol. The number of nitrogens with one attached hydrogen (secondary N) is 1. The molecule has 6 heteroatoms. The number of anilines is 1. The van der Waals surface area contributed by atoms with Crippen molar-refractivity contribution >= 4 is 27.5 Å². The molecular weight excluding hydrogens is 329 g/mol. The lowest BCUT2D eigenvalue weighted by atomic mass is 10.1. The van der Waals surface area contributed by atoms with Crippen LogP contribution < -0.4 is 10.1 Å². The summed E-state index contributed by atoms with van der Waals surface area (Å²) in [7, 11) is 1.50. The predicted molar refractivity (Wildman–Crippen MR) is 76.7 cm³/mol. The highest BCUT2D eigenvalue weighted by Crippen LogP contribution is 2.28. The van der Waals surface area contributed by atoms with E-state index in [4.69, 9.17) is 4.74 Å². The van der Waals surface area contributed by atoms with Gasteiger partial charge in [-0.25, -0.2) is 4.39 Å². The minimum absolute atomic E-state index is 0.133. The van der Waals surface area contributed by atoms with Crippen LogP contribution >= 0.6 is 15.9 Å². The van der Waals surface area contributed by atoms with Crippen molar-refractivity contribution in [2.75, 3.05) is 12.4 Å². The van der Waals surface area contributed by atoms with Gasteiger partial charge in [-0.1, -0.05) is 0 Å². The van der Waals surface area contributed by atoms with E-state index in [9.17, 15) is 14.3 Å². The van der Waals surface area contributed by atoms with Gasteiger partial charge < -0.3 is 15.2 Å². The Morgan fingerprint density at radius 1 is 1.30 bits per heavy atom. The number of methoxy groups -OCH3 is 1. The molecule has 1 amide bonds. The molecule has 0 aromatic heterocycles. The summed E-state index contributed by atoms with van der Waals surface area (Å²) in [4.78, 5) is 12.0. The van der Waals surface area contributed by atoms with Gasteiger partial charge in [0.1, 0.15) is 17.3 Å². The summed E-state index contributed by atoms with van der Waals surface area (Å²) in [5.41, 5.74) is 0.339. The number of phenolic OH excluding ortho intramolecular Hbond substituents is 1. The van der Waals surface area contributed by atoms with Crippen LogP contribution in [0.25, 0.3) is 0 Å². The molecule has 0 bridgehead atoms. The number of phenols is 1. The van der Waals surface area contributed by atoms with Gasteiger partial charge in [-0.15, -0.1) is 0 Å². The van der Waals surface area contributed by atoms with Crippen LogP contribution in [0.1, 0.15) is 10.4 Å². The fourth-order valence-electron chi connectivity index (χ4n) is 1.63. The average Bonchev–Trinajstić information content (AvgIpc) is 2.43. The van der Waals surface area contributed by atoms with Gasteiger partial charge in [0.25, 0.3) is 5.91 Å². The zero-order valence-corrected chi connectivity index (χ0v) is 12.1. The SMILES string of the molecule is COc1cc(NC(=O)c2cc(F)ccc2O)ccc1Br. The minimum Gasteiger partial charge on any atom is -0.507 e. The lowest BCUT2D eigenvalue weighted by Gasteiger charge is -2.09. The molecule has 0 spiro atoms. The van der Waals surface area contributed by atoms with Gasteiger partial charge in [0.2, 0.25) is 0 Å². The minimum atomic E-state index is -0.605. The van der Waals surface area contributed by atoms with Gasteiger partial charge in [0.15, 0.2) is 0 Å². The molecule has 4 nitrogen and oxygen atoms in total. The third kappa shape index (κ3) is 3.08. The van der Waals surface area contributed by atoms with Crippen LogP contribution in [0.2, 0.25) is 0 Å². The highest BCUT2D eigenvalue weighted by molar-refractivity contribution is 9.10. The maximum absolute atomic E-state index is 13.1. The molecule has 0 aliphatic rings. The second-order valence-electron chi connectivity index (χ2n) is 3.96. The Labute approximate surface area is 123 Å². The summed E-state index contributed by atoms with van der Waals surface area (Å²) in [6, 6.07) is 8.15. The number of aromatic hydroxyl groups is 1. The number of hydrogen-bond acceptors (Lipinski definition) is 3. The van der Waals surface area contributed by atoms with E-state index < -0.39 is 11.7 Å². The molecule has 2 aromatic carbocycles. The molecular formula is C14H11BrFNO3. The van der Waals surface area contributed by atoms with Crippen molar-refractivity contribution < 1.29 is 19.0 Å². The molecule has 0 fully saturated rings. The van der Waals surface area contributed by atoms with E-state index in [0.717, 1.165) is 22.7 Å². The van der Waals surface area contributed by atoms with Crippen LogP contribution in [-0.4, -0.2) is 18.1 Å². The second-order valence-corrected chi connectivity index (χ2v) is 4.82. The molecule has 0 radical (unpaired) electrons. The molecule has 0 heterocycles. The van der Waals surface area contributed by atoms with Gasteiger partial charge in [-0.05, 0) is 46.3 Å². The van der Waals surface area contributed by atoms with Gasteiger partial charge in [0, 0.05) is 11.8 Å². The largest absolute Gasteiger partial charge is 0.507 e. The Hall–Kier alpha value is -2.08. The highest BCUT2D eigenvalue weighted by Gasteiger charge is 2.13. The van der Waals surface area contributed by atoms with Crippen molar-refractivity contribution in [1.29, 1.82) is 0 Å². The van der Waals surface area contributed by atoms with Crippen molar-refractivity contribution in [3.8, 4) is 11.5 Å². The molecule has 0 unspecified atom stereocenters. The molecule has 0 atom stereocenters. The van der Waals surface area contributed by atoms with E-state index in [1.807, 2.05) is 0 Å². The normalized spacial score (nSPS) is 10.2. The number of carbonyl (C=O) groups excluding carboxylic acids is 1. The zero-order valence-electron chi connectivity index (χ0n) is 10.5. The summed E-state index contributed by atoms with van der Waals surface area (Å²) in [5, 5.41) is 12.1. The van der Waals surface area contributed by atoms with E-state index in [1.54, 1.807) is 18.2 Å². The first kappa shape index (κ1) is 14.3. The first-order valence-electron chi connectivity index (χ1n) is 5.64. The van der Waals surface area contributed by atoms with Crippen LogP contribution in [0.5, 0.6) is 11.5 Å². The van der Waals surface area contributed by atoms with Crippen molar-refractivity contribution in [2.45, 2.75) is 0 Å². The number of amides is 1. The van der Waals surface area contributed by atoms with Gasteiger partial charge in [-0.3, -0.25) is 4.79 Å². The fourth-order valence-corrected chi connectivity index (χ4v) is 2.03. The van der Waals surface area contributed by atoms with E-state index in [0.29, 0.717) is 11.4 Å². The first-order valence-corrected chi connectivity index (χ1v) is 6.44. The third-order valence-corrected chi connectivity index (χ3v) is 3.27. The first-order chi connectivity index (χ1) is 9.51. The lowest BCUT2D eigenvalue weighted by molar-refractivity contribution is 0.102. The number of ether oxygens (including phenoxy) is 1. The Kier molecular flexibility index (Phi) is 4.24. The summed E-state index contributed by atoms with van der Waals surface area (Å²) in [5.74, 6) is -0.938. The molecule has 0 saturated heterocycles. The average molecular weight is 340 g/mol. The molecule has 0 aliphatic heterocycles. The Morgan fingerprint density at radius 2 is 2.05 bits per heavy atom. The van der Waals surface area contributed by atoms with Gasteiger partial charge in [0.05, 0.1) is 17.1 Å². The number of rotatable bonds is 3. The molecule has 0 saturated carbocycles. The molecule has 20 heavy (non-hydrogen) atoms. The van der Waals surface area contributed by atoms with Crippen molar-refractivity contribution in [1.82, 2.24) is 0 Å². The number of halogens is 2. The van der Waals surface area contributed by atoms with Crippen molar-refractivity contribution in [3.63, 3.8) is 0 Å². The van der Waals surface area contributed by atoms with E-state index in [1.165, 1.54) is 7.11 Å². The van der Waals surface area contributed by atoms with Crippen molar-refractivity contribution in [2.24, 2.45) is 0 Å². The van der Waals surface area contributed by atoms with Crippen molar-refractivity contribution in [3.05, 3.63) is 52.3 Å². The highest BCUT2D eigenvalue weighted by atomic mass is 79.9. The van der Waals surface area contributed by atoms with E-state index >= 15 is 0 Å². The van der Waals surface area contributed by atoms with E-state index in [-0.39, 0.29) is 11.3 Å². The maximum Gasteiger partial charge on any atom is 0.259 e. The molecule has 2 rings (SSSR count).